The second-order valence-electron chi connectivity index (χ2n) is 5.74. The minimum atomic E-state index is -0.754. The zero-order valence-electron chi connectivity index (χ0n) is 12.5. The molecule has 4 nitrogen and oxygen atoms in total. The minimum Gasteiger partial charge on any atom is -0.481 e. The van der Waals surface area contributed by atoms with Crippen molar-refractivity contribution in [1.29, 1.82) is 0 Å². The number of hydrogen-bond donors (Lipinski definition) is 1. The largest absolute Gasteiger partial charge is 0.481 e. The smallest absolute Gasteiger partial charge is 0.303 e. The average molecular weight is 289 g/mol. The van der Waals surface area contributed by atoms with Gasteiger partial charge in [0.1, 0.15) is 0 Å². The van der Waals surface area contributed by atoms with E-state index in [2.05, 4.69) is 0 Å². The van der Waals surface area contributed by atoms with Crippen molar-refractivity contribution in [2.75, 3.05) is 13.1 Å². The van der Waals surface area contributed by atoms with Crippen LogP contribution in [0.4, 0.5) is 0 Å². The van der Waals surface area contributed by atoms with Crippen molar-refractivity contribution in [1.82, 2.24) is 4.90 Å². The topological polar surface area (TPSA) is 57.6 Å². The summed E-state index contributed by atoms with van der Waals surface area (Å²) in [6.45, 7) is 3.50. The fraction of sp³-hybridized carbons (Fsp3) is 0.529. The Morgan fingerprint density at radius 2 is 2.05 bits per heavy atom. The van der Waals surface area contributed by atoms with Gasteiger partial charge in [0, 0.05) is 19.5 Å². The number of aliphatic carboxylic acids is 1. The van der Waals surface area contributed by atoms with Gasteiger partial charge in [-0.15, -0.1) is 0 Å². The van der Waals surface area contributed by atoms with Gasteiger partial charge in [0.25, 0.3) is 0 Å². The van der Waals surface area contributed by atoms with Crippen LogP contribution in [0, 0.1) is 5.92 Å². The van der Waals surface area contributed by atoms with E-state index in [1.807, 2.05) is 42.2 Å². The first-order chi connectivity index (χ1) is 10.1. The third kappa shape index (κ3) is 4.06. The lowest BCUT2D eigenvalue weighted by atomic mass is 9.95. The summed E-state index contributed by atoms with van der Waals surface area (Å²) in [6.07, 6.45) is 2.58. The van der Waals surface area contributed by atoms with Crippen molar-refractivity contribution >= 4 is 11.9 Å². The number of rotatable bonds is 6. The Morgan fingerprint density at radius 3 is 2.67 bits per heavy atom. The molecule has 114 valence electrons. The Balaban J connectivity index is 1.95. The highest BCUT2D eigenvalue weighted by Gasteiger charge is 2.30. The summed E-state index contributed by atoms with van der Waals surface area (Å²) in [5.74, 6) is -0.320. The first kappa shape index (κ1) is 15.5. The van der Waals surface area contributed by atoms with Crippen LogP contribution in [-0.2, 0) is 9.59 Å². The number of carbonyl (C=O) groups is 2. The predicted octanol–water partition coefficient (Wildman–Crippen LogP) is 2.89. The van der Waals surface area contributed by atoms with Gasteiger partial charge in [-0.2, -0.15) is 0 Å². The van der Waals surface area contributed by atoms with Crippen LogP contribution >= 0.6 is 0 Å². The van der Waals surface area contributed by atoms with Crippen molar-refractivity contribution in [2.45, 2.75) is 38.5 Å². The van der Waals surface area contributed by atoms with Crippen molar-refractivity contribution in [3.63, 3.8) is 0 Å². The Hall–Kier alpha value is -1.84. The van der Waals surface area contributed by atoms with Gasteiger partial charge < -0.3 is 10.0 Å². The van der Waals surface area contributed by atoms with Gasteiger partial charge in [0.05, 0.1) is 5.92 Å². The van der Waals surface area contributed by atoms with Crippen LogP contribution in [-0.4, -0.2) is 35.0 Å². The predicted molar refractivity (Wildman–Crippen MR) is 81.0 cm³/mol. The lowest BCUT2D eigenvalue weighted by Crippen LogP contribution is -2.33. The first-order valence-corrected chi connectivity index (χ1v) is 7.67. The van der Waals surface area contributed by atoms with Crippen molar-refractivity contribution < 1.29 is 14.7 Å². The Kier molecular flexibility index (Phi) is 5.37. The van der Waals surface area contributed by atoms with Crippen LogP contribution in [0.15, 0.2) is 30.3 Å². The van der Waals surface area contributed by atoms with Crippen LogP contribution in [0.25, 0.3) is 0 Å². The number of carboxylic acids is 1. The molecule has 1 aromatic rings. The maximum absolute atomic E-state index is 12.7. The zero-order valence-corrected chi connectivity index (χ0v) is 12.5. The van der Waals surface area contributed by atoms with Crippen LogP contribution < -0.4 is 0 Å². The fourth-order valence-electron chi connectivity index (χ4n) is 3.05. The molecule has 0 aromatic heterocycles. The van der Waals surface area contributed by atoms with E-state index in [1.165, 1.54) is 0 Å². The molecule has 2 rings (SSSR count). The Bertz CT molecular complexity index is 486. The number of nitrogens with zero attached hydrogens (tertiary/aromatic N) is 1. The molecule has 0 aliphatic carbocycles. The minimum absolute atomic E-state index is 0.0792. The Labute approximate surface area is 125 Å². The van der Waals surface area contributed by atoms with Gasteiger partial charge in [-0.1, -0.05) is 37.3 Å². The quantitative estimate of drug-likeness (QED) is 0.876. The number of amides is 1. The van der Waals surface area contributed by atoms with Gasteiger partial charge in [0.2, 0.25) is 5.91 Å². The normalized spacial score (nSPS) is 19.5. The van der Waals surface area contributed by atoms with Gasteiger partial charge in [0.15, 0.2) is 0 Å². The summed E-state index contributed by atoms with van der Waals surface area (Å²) in [5, 5.41) is 8.74. The second kappa shape index (κ2) is 7.25. The van der Waals surface area contributed by atoms with Crippen molar-refractivity contribution in [3.05, 3.63) is 35.9 Å². The maximum Gasteiger partial charge on any atom is 0.303 e. The number of carboxylic acid groups (broad SMARTS) is 1. The maximum atomic E-state index is 12.7. The van der Waals surface area contributed by atoms with Crippen molar-refractivity contribution in [3.8, 4) is 0 Å². The van der Waals surface area contributed by atoms with E-state index in [-0.39, 0.29) is 18.2 Å². The first-order valence-electron chi connectivity index (χ1n) is 7.67. The molecule has 1 aliphatic rings. The third-order valence-electron chi connectivity index (χ3n) is 4.27. The molecule has 4 heteroatoms. The fourth-order valence-corrected chi connectivity index (χ4v) is 3.05. The highest BCUT2D eigenvalue weighted by Crippen LogP contribution is 2.27. The summed E-state index contributed by atoms with van der Waals surface area (Å²) in [5.41, 5.74) is 1.07. The van der Waals surface area contributed by atoms with Crippen LogP contribution in [0.5, 0.6) is 0 Å². The summed E-state index contributed by atoms with van der Waals surface area (Å²) < 4.78 is 0. The lowest BCUT2D eigenvalue weighted by Gasteiger charge is -2.23. The molecule has 0 saturated carbocycles. The standard InChI is InChI=1S/C17H23NO3/c1-2-15(14-6-4-3-5-7-14)17(21)18-11-10-13(12-18)8-9-16(19)20/h3-7,13,15H,2,8-12H2,1H3,(H,19,20). The molecule has 1 aromatic carbocycles. The number of hydrogen-bond acceptors (Lipinski definition) is 2. The number of carbonyl (C=O) groups excluding carboxylic acids is 1. The van der Waals surface area contributed by atoms with Crippen LogP contribution in [0.1, 0.15) is 44.1 Å². The van der Waals surface area contributed by atoms with E-state index in [1.54, 1.807) is 0 Å². The molecule has 1 saturated heterocycles. The van der Waals surface area contributed by atoms with Crippen LogP contribution in [0.2, 0.25) is 0 Å². The molecule has 0 radical (unpaired) electrons. The summed E-state index contributed by atoms with van der Waals surface area (Å²) in [4.78, 5) is 25.2. The summed E-state index contributed by atoms with van der Waals surface area (Å²) in [7, 11) is 0. The highest BCUT2D eigenvalue weighted by atomic mass is 16.4. The molecule has 21 heavy (non-hydrogen) atoms. The number of likely N-dealkylation sites (tertiary alicyclic amines) is 1. The molecule has 2 atom stereocenters. The molecule has 2 unspecified atom stereocenters. The van der Waals surface area contributed by atoms with E-state index in [0.29, 0.717) is 18.9 Å². The third-order valence-corrected chi connectivity index (χ3v) is 4.27. The van der Waals surface area contributed by atoms with Gasteiger partial charge in [-0.25, -0.2) is 0 Å². The summed E-state index contributed by atoms with van der Waals surface area (Å²) in [6, 6.07) is 9.89. The molecule has 1 aliphatic heterocycles. The molecular formula is C17H23NO3. The monoisotopic (exact) mass is 289 g/mol. The Morgan fingerprint density at radius 1 is 1.33 bits per heavy atom. The van der Waals surface area contributed by atoms with Gasteiger partial charge in [-0.3, -0.25) is 9.59 Å². The van der Waals surface area contributed by atoms with E-state index < -0.39 is 5.97 Å². The van der Waals surface area contributed by atoms with Crippen molar-refractivity contribution in [2.24, 2.45) is 5.92 Å². The molecule has 1 N–H and O–H groups in total. The average Bonchev–Trinajstić information content (AvgIpc) is 2.96. The summed E-state index contributed by atoms with van der Waals surface area (Å²) >= 11 is 0. The number of benzene rings is 1. The highest BCUT2D eigenvalue weighted by molar-refractivity contribution is 5.84. The van der Waals surface area contributed by atoms with Crippen LogP contribution in [0.3, 0.4) is 0 Å². The molecule has 0 bridgehead atoms. The van der Waals surface area contributed by atoms with E-state index >= 15 is 0 Å². The molecule has 0 spiro atoms. The zero-order chi connectivity index (χ0) is 15.2. The van der Waals surface area contributed by atoms with E-state index in [9.17, 15) is 9.59 Å². The van der Waals surface area contributed by atoms with Gasteiger partial charge in [-0.05, 0) is 30.7 Å². The second-order valence-corrected chi connectivity index (χ2v) is 5.74. The molecular weight excluding hydrogens is 266 g/mol. The van der Waals surface area contributed by atoms with E-state index in [0.717, 1.165) is 24.9 Å². The van der Waals surface area contributed by atoms with E-state index in [4.69, 9.17) is 5.11 Å². The molecule has 1 amide bonds. The van der Waals surface area contributed by atoms with Gasteiger partial charge >= 0.3 is 5.97 Å². The lowest BCUT2D eigenvalue weighted by molar-refractivity contribution is -0.137. The SMILES string of the molecule is CCC(C(=O)N1CCC(CCC(=O)O)C1)c1ccccc1. The molecule has 1 fully saturated rings. The molecule has 1 heterocycles.